The third-order valence-electron chi connectivity index (χ3n) is 1.70. The van der Waals surface area contributed by atoms with Gasteiger partial charge in [-0.15, -0.1) is 0 Å². The maximum absolute atomic E-state index is 3.32. The SMILES string of the molecule is CCC=CN1CCNCC1. The predicted molar refractivity (Wildman–Crippen MR) is 43.9 cm³/mol. The van der Waals surface area contributed by atoms with E-state index in [1.54, 1.807) is 0 Å². The molecule has 1 rings (SSSR count). The van der Waals surface area contributed by atoms with Crippen LogP contribution in [-0.2, 0) is 0 Å². The summed E-state index contributed by atoms with van der Waals surface area (Å²) in [5.74, 6) is 0. The molecule has 2 heteroatoms. The zero-order valence-corrected chi connectivity index (χ0v) is 6.64. The van der Waals surface area contributed by atoms with Crippen LogP contribution >= 0.6 is 0 Å². The van der Waals surface area contributed by atoms with Gasteiger partial charge in [-0.2, -0.15) is 0 Å². The van der Waals surface area contributed by atoms with Crippen molar-refractivity contribution in [2.75, 3.05) is 26.2 Å². The lowest BCUT2D eigenvalue weighted by molar-refractivity contribution is 0.323. The van der Waals surface area contributed by atoms with Crippen LogP contribution in [0.25, 0.3) is 0 Å². The molecule has 0 aliphatic carbocycles. The molecule has 1 N–H and O–H groups in total. The van der Waals surface area contributed by atoms with Gasteiger partial charge in [0.05, 0.1) is 0 Å². The number of hydrogen-bond acceptors (Lipinski definition) is 2. The van der Waals surface area contributed by atoms with Crippen LogP contribution in [-0.4, -0.2) is 31.1 Å². The van der Waals surface area contributed by atoms with Crippen LogP contribution in [0, 0.1) is 0 Å². The van der Waals surface area contributed by atoms with Gasteiger partial charge in [0.1, 0.15) is 0 Å². The number of piperazine rings is 1. The number of rotatable bonds is 2. The van der Waals surface area contributed by atoms with Gasteiger partial charge in [0.25, 0.3) is 0 Å². The van der Waals surface area contributed by atoms with Crippen molar-refractivity contribution < 1.29 is 0 Å². The number of nitrogens with zero attached hydrogens (tertiary/aromatic N) is 1. The molecule has 0 atom stereocenters. The second-order valence-electron chi connectivity index (χ2n) is 2.58. The summed E-state index contributed by atoms with van der Waals surface area (Å²) in [6.07, 6.45) is 5.57. The van der Waals surface area contributed by atoms with Crippen molar-refractivity contribution in [3.8, 4) is 0 Å². The van der Waals surface area contributed by atoms with Crippen LogP contribution in [0.3, 0.4) is 0 Å². The van der Waals surface area contributed by atoms with Crippen LogP contribution in [0.2, 0.25) is 0 Å². The van der Waals surface area contributed by atoms with Gasteiger partial charge in [-0.1, -0.05) is 13.0 Å². The fourth-order valence-corrected chi connectivity index (χ4v) is 1.09. The first-order valence-corrected chi connectivity index (χ1v) is 4.05. The van der Waals surface area contributed by atoms with E-state index in [1.165, 1.54) is 0 Å². The van der Waals surface area contributed by atoms with Crippen molar-refractivity contribution in [1.29, 1.82) is 0 Å². The van der Waals surface area contributed by atoms with E-state index in [-0.39, 0.29) is 0 Å². The molecule has 1 aliphatic heterocycles. The minimum Gasteiger partial charge on any atom is -0.375 e. The van der Waals surface area contributed by atoms with Crippen LogP contribution in [0.4, 0.5) is 0 Å². The van der Waals surface area contributed by atoms with Gasteiger partial charge in [-0.05, 0) is 12.6 Å². The number of nitrogens with one attached hydrogen (secondary N) is 1. The molecule has 58 valence electrons. The molecule has 0 aromatic rings. The lowest BCUT2D eigenvalue weighted by atomic mass is 10.4. The monoisotopic (exact) mass is 140 g/mol. The predicted octanol–water partition coefficient (Wildman–Crippen LogP) is 0.815. The summed E-state index contributed by atoms with van der Waals surface area (Å²) in [5, 5.41) is 3.32. The molecule has 1 heterocycles. The van der Waals surface area contributed by atoms with Crippen molar-refractivity contribution >= 4 is 0 Å². The number of allylic oxidation sites excluding steroid dienone is 1. The first kappa shape index (κ1) is 7.61. The molecule has 0 aromatic heterocycles. The Kier molecular flexibility index (Phi) is 3.30. The molecule has 10 heavy (non-hydrogen) atoms. The zero-order chi connectivity index (χ0) is 7.23. The summed E-state index contributed by atoms with van der Waals surface area (Å²) in [5.41, 5.74) is 0. The number of hydrogen-bond donors (Lipinski definition) is 1. The smallest absolute Gasteiger partial charge is 0.0298 e. The Labute approximate surface area is 62.9 Å². The van der Waals surface area contributed by atoms with E-state index >= 15 is 0 Å². The van der Waals surface area contributed by atoms with Gasteiger partial charge in [0, 0.05) is 26.2 Å². The fourth-order valence-electron chi connectivity index (χ4n) is 1.09. The highest BCUT2D eigenvalue weighted by Crippen LogP contribution is 1.93. The van der Waals surface area contributed by atoms with E-state index in [0.29, 0.717) is 0 Å². The minimum absolute atomic E-state index is 1.13. The van der Waals surface area contributed by atoms with E-state index in [9.17, 15) is 0 Å². The highest BCUT2D eigenvalue weighted by molar-refractivity contribution is 4.83. The molecule has 1 saturated heterocycles. The average Bonchev–Trinajstić information content (AvgIpc) is 2.03. The van der Waals surface area contributed by atoms with Gasteiger partial charge in [-0.25, -0.2) is 0 Å². The Morgan fingerprint density at radius 1 is 1.40 bits per heavy atom. The molecule has 1 aliphatic rings. The summed E-state index contributed by atoms with van der Waals surface area (Å²) in [6.45, 7) is 6.76. The van der Waals surface area contributed by atoms with Crippen molar-refractivity contribution in [2.24, 2.45) is 0 Å². The molecule has 0 bridgehead atoms. The van der Waals surface area contributed by atoms with E-state index in [2.05, 4.69) is 29.4 Å². The molecular formula is C8H16N2. The van der Waals surface area contributed by atoms with E-state index in [1.807, 2.05) is 0 Å². The lowest BCUT2D eigenvalue weighted by Gasteiger charge is -2.25. The highest BCUT2D eigenvalue weighted by Gasteiger charge is 2.02. The summed E-state index contributed by atoms with van der Waals surface area (Å²) >= 11 is 0. The normalized spacial score (nSPS) is 20.3. The van der Waals surface area contributed by atoms with Crippen molar-refractivity contribution in [3.05, 3.63) is 12.3 Å². The lowest BCUT2D eigenvalue weighted by Crippen LogP contribution is -2.40. The quantitative estimate of drug-likeness (QED) is 0.610. The Morgan fingerprint density at radius 3 is 2.70 bits per heavy atom. The molecule has 0 saturated carbocycles. The summed E-state index contributed by atoms with van der Waals surface area (Å²) in [4.78, 5) is 2.36. The molecule has 0 spiro atoms. The highest BCUT2D eigenvalue weighted by atomic mass is 15.2. The molecule has 0 unspecified atom stereocenters. The Morgan fingerprint density at radius 2 is 2.10 bits per heavy atom. The Hall–Kier alpha value is -0.500. The van der Waals surface area contributed by atoms with Gasteiger partial charge in [0.15, 0.2) is 0 Å². The second kappa shape index (κ2) is 4.34. The fraction of sp³-hybridized carbons (Fsp3) is 0.750. The van der Waals surface area contributed by atoms with Crippen molar-refractivity contribution in [3.63, 3.8) is 0 Å². The Bertz CT molecular complexity index is 104. The summed E-state index contributed by atoms with van der Waals surface area (Å²) < 4.78 is 0. The summed E-state index contributed by atoms with van der Waals surface area (Å²) in [7, 11) is 0. The van der Waals surface area contributed by atoms with Gasteiger partial charge >= 0.3 is 0 Å². The first-order valence-electron chi connectivity index (χ1n) is 4.05. The molecule has 0 amide bonds. The Balaban J connectivity index is 2.19. The summed E-state index contributed by atoms with van der Waals surface area (Å²) in [6, 6.07) is 0. The molecule has 1 fully saturated rings. The third-order valence-corrected chi connectivity index (χ3v) is 1.70. The molecule has 0 aromatic carbocycles. The zero-order valence-electron chi connectivity index (χ0n) is 6.64. The van der Waals surface area contributed by atoms with Gasteiger partial charge < -0.3 is 10.2 Å². The average molecular weight is 140 g/mol. The standard InChI is InChI=1S/C8H16N2/c1-2-3-6-10-7-4-9-5-8-10/h3,6,9H,2,4-5,7-8H2,1H3. The molecular weight excluding hydrogens is 124 g/mol. The van der Waals surface area contributed by atoms with Crippen LogP contribution in [0.1, 0.15) is 13.3 Å². The van der Waals surface area contributed by atoms with Crippen molar-refractivity contribution in [1.82, 2.24) is 10.2 Å². The maximum atomic E-state index is 3.32. The minimum atomic E-state index is 1.13. The third kappa shape index (κ3) is 2.40. The second-order valence-corrected chi connectivity index (χ2v) is 2.58. The molecule has 0 radical (unpaired) electrons. The first-order chi connectivity index (χ1) is 4.93. The van der Waals surface area contributed by atoms with Crippen LogP contribution in [0.15, 0.2) is 12.3 Å². The van der Waals surface area contributed by atoms with Gasteiger partial charge in [-0.3, -0.25) is 0 Å². The maximum Gasteiger partial charge on any atom is 0.0298 e. The molecule has 2 nitrogen and oxygen atoms in total. The largest absolute Gasteiger partial charge is 0.375 e. The topological polar surface area (TPSA) is 15.3 Å². The van der Waals surface area contributed by atoms with Crippen LogP contribution < -0.4 is 5.32 Å². The van der Waals surface area contributed by atoms with E-state index < -0.39 is 0 Å². The van der Waals surface area contributed by atoms with Gasteiger partial charge in [0.2, 0.25) is 0 Å². The van der Waals surface area contributed by atoms with E-state index in [0.717, 1.165) is 32.6 Å². The van der Waals surface area contributed by atoms with Crippen LogP contribution in [0.5, 0.6) is 0 Å². The van der Waals surface area contributed by atoms with Crippen molar-refractivity contribution in [2.45, 2.75) is 13.3 Å². The van der Waals surface area contributed by atoms with E-state index in [4.69, 9.17) is 0 Å².